The van der Waals surface area contributed by atoms with Gasteiger partial charge in [0.05, 0.1) is 12.6 Å². The number of rotatable bonds is 5. The molecule has 0 amide bonds. The Hall–Kier alpha value is -0.500. The van der Waals surface area contributed by atoms with E-state index in [-0.39, 0.29) is 0 Å². The Labute approximate surface area is 87.7 Å². The molecule has 2 unspecified atom stereocenters. The highest BCUT2D eigenvalue weighted by atomic mass is 16.5. The van der Waals surface area contributed by atoms with Gasteiger partial charge in [-0.15, -0.1) is 0 Å². The van der Waals surface area contributed by atoms with E-state index < -0.39 is 0 Å². The molecule has 1 rings (SSSR count). The fraction of sp³-hybridized carbons (Fsp3) is 0.833. The zero-order valence-corrected chi connectivity index (χ0v) is 9.68. The molecule has 0 aromatic rings. The quantitative estimate of drug-likeness (QED) is 0.731. The summed E-state index contributed by atoms with van der Waals surface area (Å²) in [7, 11) is 2.02. The lowest BCUT2D eigenvalue weighted by Gasteiger charge is -2.25. The lowest BCUT2D eigenvalue weighted by atomic mass is 9.97. The van der Waals surface area contributed by atoms with Gasteiger partial charge in [-0.1, -0.05) is 20.3 Å². The van der Waals surface area contributed by atoms with Crippen LogP contribution >= 0.6 is 0 Å². The van der Waals surface area contributed by atoms with Crippen LogP contribution in [0.15, 0.2) is 11.8 Å². The third kappa shape index (κ3) is 3.33. The van der Waals surface area contributed by atoms with E-state index in [9.17, 15) is 0 Å². The molecule has 1 N–H and O–H groups in total. The fourth-order valence-corrected chi connectivity index (χ4v) is 1.76. The van der Waals surface area contributed by atoms with Crippen molar-refractivity contribution in [1.29, 1.82) is 0 Å². The Morgan fingerprint density at radius 1 is 1.57 bits per heavy atom. The van der Waals surface area contributed by atoms with Crippen molar-refractivity contribution in [2.24, 2.45) is 5.92 Å². The van der Waals surface area contributed by atoms with Gasteiger partial charge in [-0.3, -0.25) is 0 Å². The lowest BCUT2D eigenvalue weighted by Crippen LogP contribution is -2.31. The molecular formula is C12H23NO. The number of allylic oxidation sites excluding steroid dienone is 1. The van der Waals surface area contributed by atoms with Crippen molar-refractivity contribution < 1.29 is 4.74 Å². The van der Waals surface area contributed by atoms with Gasteiger partial charge in [0.15, 0.2) is 0 Å². The minimum atomic E-state index is 0.422. The molecule has 0 bridgehead atoms. The number of hydrogen-bond donors (Lipinski definition) is 1. The van der Waals surface area contributed by atoms with Crippen molar-refractivity contribution in [3.05, 3.63) is 11.8 Å². The third-order valence-corrected chi connectivity index (χ3v) is 2.99. The minimum absolute atomic E-state index is 0.422. The predicted octanol–water partition coefficient (Wildman–Crippen LogP) is 2.70. The van der Waals surface area contributed by atoms with Gasteiger partial charge >= 0.3 is 0 Å². The fourth-order valence-electron chi connectivity index (χ4n) is 1.76. The van der Waals surface area contributed by atoms with Crippen LogP contribution in [-0.2, 0) is 4.74 Å². The van der Waals surface area contributed by atoms with E-state index >= 15 is 0 Å². The van der Waals surface area contributed by atoms with Crippen LogP contribution < -0.4 is 5.32 Å². The maximum absolute atomic E-state index is 5.67. The van der Waals surface area contributed by atoms with Crippen molar-refractivity contribution in [1.82, 2.24) is 5.32 Å². The van der Waals surface area contributed by atoms with E-state index in [4.69, 9.17) is 4.74 Å². The van der Waals surface area contributed by atoms with E-state index in [1.54, 1.807) is 0 Å². The van der Waals surface area contributed by atoms with E-state index in [0.717, 1.165) is 12.5 Å². The van der Waals surface area contributed by atoms with Gasteiger partial charge in [0.1, 0.15) is 5.76 Å². The summed E-state index contributed by atoms with van der Waals surface area (Å²) < 4.78 is 5.67. The Balaban J connectivity index is 2.47. The molecule has 2 heteroatoms. The molecule has 1 aliphatic rings. The van der Waals surface area contributed by atoms with Gasteiger partial charge < -0.3 is 10.1 Å². The molecule has 1 heterocycles. The van der Waals surface area contributed by atoms with Gasteiger partial charge in [0.2, 0.25) is 0 Å². The Morgan fingerprint density at radius 2 is 2.36 bits per heavy atom. The summed E-state index contributed by atoms with van der Waals surface area (Å²) in [5.41, 5.74) is 0. The molecule has 0 aliphatic carbocycles. The van der Waals surface area contributed by atoms with Crippen molar-refractivity contribution in [3.8, 4) is 0 Å². The van der Waals surface area contributed by atoms with E-state index in [0.29, 0.717) is 6.04 Å². The summed E-state index contributed by atoms with van der Waals surface area (Å²) in [5, 5.41) is 3.34. The van der Waals surface area contributed by atoms with Crippen LogP contribution in [0.1, 0.15) is 39.5 Å². The first-order valence-corrected chi connectivity index (χ1v) is 5.78. The molecule has 2 atom stereocenters. The van der Waals surface area contributed by atoms with E-state index in [1.807, 2.05) is 7.05 Å². The Bertz CT molecular complexity index is 189. The van der Waals surface area contributed by atoms with Gasteiger partial charge in [-0.25, -0.2) is 0 Å². The first-order chi connectivity index (χ1) is 6.77. The second kappa shape index (κ2) is 6.07. The van der Waals surface area contributed by atoms with Gasteiger partial charge in [0, 0.05) is 0 Å². The molecule has 0 spiro atoms. The molecule has 14 heavy (non-hydrogen) atoms. The zero-order valence-electron chi connectivity index (χ0n) is 9.68. The average Bonchev–Trinajstić information content (AvgIpc) is 2.26. The number of likely N-dealkylation sites (N-methyl/N-ethyl adjacent to an activating group) is 1. The third-order valence-electron chi connectivity index (χ3n) is 2.99. The molecule has 2 nitrogen and oxygen atoms in total. The second-order valence-electron chi connectivity index (χ2n) is 4.19. The zero-order chi connectivity index (χ0) is 10.4. The van der Waals surface area contributed by atoms with Crippen LogP contribution in [0.3, 0.4) is 0 Å². The highest BCUT2D eigenvalue weighted by molar-refractivity contribution is 5.05. The van der Waals surface area contributed by atoms with Gasteiger partial charge in [-0.05, 0) is 38.3 Å². The monoisotopic (exact) mass is 197 g/mol. The van der Waals surface area contributed by atoms with E-state index in [2.05, 4.69) is 25.2 Å². The highest BCUT2D eigenvalue weighted by Gasteiger charge is 2.17. The Kier molecular flexibility index (Phi) is 5.02. The van der Waals surface area contributed by atoms with Crippen molar-refractivity contribution in [2.75, 3.05) is 13.7 Å². The van der Waals surface area contributed by atoms with Crippen molar-refractivity contribution in [3.63, 3.8) is 0 Å². The molecule has 0 saturated carbocycles. The normalized spacial score (nSPS) is 20.9. The van der Waals surface area contributed by atoms with Gasteiger partial charge in [-0.2, -0.15) is 0 Å². The van der Waals surface area contributed by atoms with Crippen LogP contribution in [0.2, 0.25) is 0 Å². The first-order valence-electron chi connectivity index (χ1n) is 5.78. The minimum Gasteiger partial charge on any atom is -0.497 e. The van der Waals surface area contributed by atoms with Crippen LogP contribution in [-0.4, -0.2) is 19.7 Å². The standard InChI is InChI=1S/C12H23NO/c1-4-10(2)9-11(13-3)12-7-5-6-8-14-12/h7,10-11,13H,4-6,8-9H2,1-3H3. The smallest absolute Gasteiger partial charge is 0.109 e. The molecular weight excluding hydrogens is 174 g/mol. The van der Waals surface area contributed by atoms with Crippen molar-refractivity contribution in [2.45, 2.75) is 45.6 Å². The summed E-state index contributed by atoms with van der Waals surface area (Å²) >= 11 is 0. The SMILES string of the molecule is CCC(C)CC(NC)C1=CCCCO1. The molecule has 0 radical (unpaired) electrons. The number of nitrogens with one attached hydrogen (secondary N) is 1. The Morgan fingerprint density at radius 3 is 2.86 bits per heavy atom. The largest absolute Gasteiger partial charge is 0.497 e. The summed E-state index contributed by atoms with van der Waals surface area (Å²) in [6.07, 6.45) is 7.01. The molecule has 0 fully saturated rings. The topological polar surface area (TPSA) is 21.3 Å². The average molecular weight is 197 g/mol. The molecule has 1 aliphatic heterocycles. The predicted molar refractivity (Wildman–Crippen MR) is 60.2 cm³/mol. The van der Waals surface area contributed by atoms with Gasteiger partial charge in [0.25, 0.3) is 0 Å². The summed E-state index contributed by atoms with van der Waals surface area (Å²) in [6, 6.07) is 0.422. The number of ether oxygens (including phenoxy) is 1. The maximum atomic E-state index is 5.67. The lowest BCUT2D eigenvalue weighted by molar-refractivity contribution is 0.162. The van der Waals surface area contributed by atoms with Crippen LogP contribution in [0.4, 0.5) is 0 Å². The summed E-state index contributed by atoms with van der Waals surface area (Å²) in [6.45, 7) is 5.44. The summed E-state index contributed by atoms with van der Waals surface area (Å²) in [5.74, 6) is 1.93. The second-order valence-corrected chi connectivity index (χ2v) is 4.19. The molecule has 0 saturated heterocycles. The van der Waals surface area contributed by atoms with Crippen LogP contribution in [0.5, 0.6) is 0 Å². The van der Waals surface area contributed by atoms with Crippen LogP contribution in [0, 0.1) is 5.92 Å². The van der Waals surface area contributed by atoms with Crippen molar-refractivity contribution >= 4 is 0 Å². The maximum Gasteiger partial charge on any atom is 0.109 e. The summed E-state index contributed by atoms with van der Waals surface area (Å²) in [4.78, 5) is 0. The number of hydrogen-bond acceptors (Lipinski definition) is 2. The molecule has 0 aromatic carbocycles. The van der Waals surface area contributed by atoms with E-state index in [1.165, 1.54) is 31.4 Å². The first kappa shape index (κ1) is 11.6. The molecule has 0 aromatic heterocycles. The van der Waals surface area contributed by atoms with Crippen LogP contribution in [0.25, 0.3) is 0 Å². The molecule has 82 valence electrons. The highest BCUT2D eigenvalue weighted by Crippen LogP contribution is 2.20.